The van der Waals surface area contributed by atoms with Crippen molar-refractivity contribution in [2.24, 2.45) is 0 Å². The van der Waals surface area contributed by atoms with E-state index >= 15 is 0 Å². The number of hydrogen-bond acceptors (Lipinski definition) is 3. The second kappa shape index (κ2) is 5.74. The van der Waals surface area contributed by atoms with Crippen LogP contribution >= 0.6 is 0 Å². The van der Waals surface area contributed by atoms with Crippen LogP contribution in [0.2, 0.25) is 0 Å². The maximum Gasteiger partial charge on any atom is 0.262 e. The second-order valence-electron chi connectivity index (χ2n) is 6.86. The molecule has 6 heteroatoms. The molecule has 2 fully saturated rings. The van der Waals surface area contributed by atoms with E-state index < -0.39 is 11.5 Å². The van der Waals surface area contributed by atoms with E-state index in [1.165, 1.54) is 0 Å². The van der Waals surface area contributed by atoms with Gasteiger partial charge in [-0.2, -0.15) is 0 Å². The molecule has 23 heavy (non-hydrogen) atoms. The van der Waals surface area contributed by atoms with Gasteiger partial charge < -0.3 is 15.4 Å². The summed E-state index contributed by atoms with van der Waals surface area (Å²) in [5.41, 5.74) is 0.822. The van der Waals surface area contributed by atoms with Gasteiger partial charge in [0.05, 0.1) is 13.7 Å². The molecule has 1 heterocycles. The van der Waals surface area contributed by atoms with E-state index in [9.17, 15) is 13.6 Å². The Labute approximate surface area is 134 Å². The number of hydrogen-bond donors (Lipinski definition) is 2. The van der Waals surface area contributed by atoms with Crippen molar-refractivity contribution in [1.82, 2.24) is 10.6 Å². The fourth-order valence-electron chi connectivity index (χ4n) is 3.13. The molecular weight excluding hydrogens is 302 g/mol. The first-order valence-corrected chi connectivity index (χ1v) is 7.91. The second-order valence-corrected chi connectivity index (χ2v) is 6.86. The first-order chi connectivity index (χ1) is 10.8. The van der Waals surface area contributed by atoms with Gasteiger partial charge >= 0.3 is 0 Å². The van der Waals surface area contributed by atoms with Crippen molar-refractivity contribution >= 4 is 5.91 Å². The van der Waals surface area contributed by atoms with Crippen LogP contribution in [0, 0.1) is 0 Å². The lowest BCUT2D eigenvalue weighted by Gasteiger charge is -2.24. The van der Waals surface area contributed by atoms with Crippen LogP contribution in [0.15, 0.2) is 18.2 Å². The van der Waals surface area contributed by atoms with Crippen LogP contribution in [0.25, 0.3) is 0 Å². The molecule has 0 aromatic heterocycles. The Bertz CT molecular complexity index is 617. The summed E-state index contributed by atoms with van der Waals surface area (Å²) < 4.78 is 32.0. The lowest BCUT2D eigenvalue weighted by atomic mass is 9.98. The molecule has 1 aromatic carbocycles. The topological polar surface area (TPSA) is 50.4 Å². The van der Waals surface area contributed by atoms with E-state index in [0.717, 1.165) is 24.2 Å². The van der Waals surface area contributed by atoms with Crippen molar-refractivity contribution in [3.05, 3.63) is 29.3 Å². The van der Waals surface area contributed by atoms with Crippen molar-refractivity contribution in [2.75, 3.05) is 20.2 Å². The summed E-state index contributed by atoms with van der Waals surface area (Å²) in [6.07, 6.45) is 1.95. The maximum atomic E-state index is 13.3. The van der Waals surface area contributed by atoms with Crippen molar-refractivity contribution < 1.29 is 18.3 Å². The van der Waals surface area contributed by atoms with Gasteiger partial charge in [0.25, 0.3) is 11.8 Å². The van der Waals surface area contributed by atoms with Crippen molar-refractivity contribution in [2.45, 2.75) is 43.6 Å². The minimum atomic E-state index is -2.71. The van der Waals surface area contributed by atoms with E-state index in [4.69, 9.17) is 4.74 Å². The van der Waals surface area contributed by atoms with Crippen LogP contribution < -0.4 is 15.4 Å². The molecule has 1 amide bonds. The molecule has 0 radical (unpaired) electrons. The number of benzene rings is 1. The van der Waals surface area contributed by atoms with Crippen molar-refractivity contribution in [3.8, 4) is 5.75 Å². The van der Waals surface area contributed by atoms with E-state index in [2.05, 4.69) is 10.6 Å². The summed E-state index contributed by atoms with van der Waals surface area (Å²) in [7, 11) is 1.62. The Balaban J connectivity index is 1.66. The smallest absolute Gasteiger partial charge is 0.262 e. The monoisotopic (exact) mass is 324 g/mol. The number of ether oxygens (including phenoxy) is 1. The molecule has 1 saturated heterocycles. The number of rotatable bonds is 5. The van der Waals surface area contributed by atoms with Gasteiger partial charge in [-0.3, -0.25) is 4.79 Å². The van der Waals surface area contributed by atoms with E-state index in [0.29, 0.717) is 11.5 Å². The van der Waals surface area contributed by atoms with E-state index in [1.54, 1.807) is 26.2 Å². The fourth-order valence-corrected chi connectivity index (χ4v) is 3.13. The fraction of sp³-hybridized carbons (Fsp3) is 0.588. The van der Waals surface area contributed by atoms with Crippen LogP contribution in [0.5, 0.6) is 5.75 Å². The molecule has 0 spiro atoms. The highest BCUT2D eigenvalue weighted by Gasteiger charge is 2.46. The number of nitrogens with one attached hydrogen (secondary N) is 2. The van der Waals surface area contributed by atoms with E-state index in [1.807, 2.05) is 6.07 Å². The van der Waals surface area contributed by atoms with Crippen molar-refractivity contribution in [3.63, 3.8) is 0 Å². The molecule has 1 saturated carbocycles. The predicted molar refractivity (Wildman–Crippen MR) is 83.3 cm³/mol. The van der Waals surface area contributed by atoms with Crippen LogP contribution in [0.3, 0.4) is 0 Å². The largest absolute Gasteiger partial charge is 0.496 e. The molecule has 1 aliphatic carbocycles. The van der Waals surface area contributed by atoms with Crippen LogP contribution in [-0.2, 0) is 0 Å². The number of alkyl halides is 2. The Morgan fingerprint density at radius 3 is 2.74 bits per heavy atom. The molecule has 3 rings (SSSR count). The molecule has 126 valence electrons. The lowest BCUT2D eigenvalue weighted by molar-refractivity contribution is 0.0167. The third-order valence-electron chi connectivity index (χ3n) is 4.57. The summed E-state index contributed by atoms with van der Waals surface area (Å²) in [6.45, 7) is 1.54. The minimum Gasteiger partial charge on any atom is -0.496 e. The molecule has 0 bridgehead atoms. The van der Waals surface area contributed by atoms with Gasteiger partial charge in [-0.1, -0.05) is 0 Å². The molecule has 1 aromatic rings. The van der Waals surface area contributed by atoms with Gasteiger partial charge in [-0.25, -0.2) is 8.78 Å². The molecule has 1 atom stereocenters. The van der Waals surface area contributed by atoms with E-state index in [-0.39, 0.29) is 25.4 Å². The highest BCUT2D eigenvalue weighted by atomic mass is 19.3. The summed E-state index contributed by atoms with van der Waals surface area (Å²) in [6, 6.07) is 5.36. The number of methoxy groups -OCH3 is 1. The number of carbonyl (C=O) groups is 1. The number of carbonyl (C=O) groups excluding carboxylic acids is 1. The Morgan fingerprint density at radius 2 is 2.17 bits per heavy atom. The highest BCUT2D eigenvalue weighted by molar-refractivity contribution is 5.94. The first kappa shape index (κ1) is 16.2. The number of halogens is 2. The molecule has 2 N–H and O–H groups in total. The molecule has 4 nitrogen and oxygen atoms in total. The summed E-state index contributed by atoms with van der Waals surface area (Å²) in [4.78, 5) is 12.3. The standard InChI is InChI=1S/C17H22F2N2O2/c1-16(8-17(18,19)10-21-16)9-20-15(22)12-5-6-14(23-2)13(7-12)11-3-4-11/h5-7,11,21H,3-4,8-10H2,1-2H3,(H,20,22). The number of amides is 1. The average Bonchev–Trinajstić information content (AvgIpc) is 3.31. The van der Waals surface area contributed by atoms with Crippen LogP contribution in [0.1, 0.15) is 48.0 Å². The van der Waals surface area contributed by atoms with Crippen molar-refractivity contribution in [1.29, 1.82) is 0 Å². The minimum absolute atomic E-state index is 0.173. The molecule has 1 unspecified atom stereocenters. The van der Waals surface area contributed by atoms with Gasteiger partial charge in [0.1, 0.15) is 5.75 Å². The Kier molecular flexibility index (Phi) is 4.04. The Hall–Kier alpha value is -1.69. The highest BCUT2D eigenvalue weighted by Crippen LogP contribution is 2.44. The average molecular weight is 324 g/mol. The predicted octanol–water partition coefficient (Wildman–Crippen LogP) is 2.69. The maximum absolute atomic E-state index is 13.3. The quantitative estimate of drug-likeness (QED) is 0.875. The van der Waals surface area contributed by atoms with Crippen LogP contribution in [-0.4, -0.2) is 37.6 Å². The zero-order chi connectivity index (χ0) is 16.7. The van der Waals surface area contributed by atoms with Gasteiger partial charge in [0.2, 0.25) is 0 Å². The van der Waals surface area contributed by atoms with Gasteiger partial charge in [0, 0.05) is 24.1 Å². The third kappa shape index (κ3) is 3.63. The van der Waals surface area contributed by atoms with Gasteiger partial charge in [-0.15, -0.1) is 0 Å². The molecule has 2 aliphatic rings. The van der Waals surface area contributed by atoms with Crippen LogP contribution in [0.4, 0.5) is 8.78 Å². The normalized spacial score (nSPS) is 26.1. The zero-order valence-corrected chi connectivity index (χ0v) is 13.4. The summed E-state index contributed by atoms with van der Waals surface area (Å²) in [5.74, 6) is -1.69. The van der Waals surface area contributed by atoms with Gasteiger partial charge in [-0.05, 0) is 49.4 Å². The zero-order valence-electron chi connectivity index (χ0n) is 13.4. The molecular formula is C17H22F2N2O2. The van der Waals surface area contributed by atoms with Gasteiger partial charge in [0.15, 0.2) is 0 Å². The summed E-state index contributed by atoms with van der Waals surface area (Å²) >= 11 is 0. The Morgan fingerprint density at radius 1 is 1.43 bits per heavy atom. The summed E-state index contributed by atoms with van der Waals surface area (Å²) in [5, 5.41) is 5.57. The molecule has 1 aliphatic heterocycles. The SMILES string of the molecule is COc1ccc(C(=O)NCC2(C)CC(F)(F)CN2)cc1C1CC1. The first-order valence-electron chi connectivity index (χ1n) is 7.91. The third-order valence-corrected chi connectivity index (χ3v) is 4.57. The lowest BCUT2D eigenvalue weighted by Crippen LogP contribution is -2.47.